The first-order valence-corrected chi connectivity index (χ1v) is 12.8. The number of fused-ring (bicyclic) bond motifs is 1. The minimum atomic E-state index is -1.29. The number of rotatable bonds is 6. The van der Waals surface area contributed by atoms with Crippen molar-refractivity contribution in [2.45, 2.75) is 25.4 Å². The molecular weight excluding hydrogens is 481 g/mol. The number of pyridine rings is 1. The number of piperazine rings is 1. The van der Waals surface area contributed by atoms with Crippen molar-refractivity contribution in [2.24, 2.45) is 0 Å². The third-order valence-corrected chi connectivity index (χ3v) is 7.50. The van der Waals surface area contributed by atoms with E-state index in [1.807, 2.05) is 14.8 Å². The fourth-order valence-corrected chi connectivity index (χ4v) is 5.35. The van der Waals surface area contributed by atoms with Gasteiger partial charge in [-0.05, 0) is 42.1 Å². The minimum absolute atomic E-state index is 0.124. The Kier molecular flexibility index (Phi) is 5.77. The average Bonchev–Trinajstić information content (AvgIpc) is 3.58. The third-order valence-electron chi connectivity index (χ3n) is 7.00. The number of aromatic nitrogens is 3. The van der Waals surface area contributed by atoms with Gasteiger partial charge in [-0.1, -0.05) is 28.8 Å². The minimum Gasteiger partial charge on any atom is -0.477 e. The summed E-state index contributed by atoms with van der Waals surface area (Å²) in [6.45, 7) is 3.69. The van der Waals surface area contributed by atoms with Gasteiger partial charge in [0.2, 0.25) is 5.43 Å². The van der Waals surface area contributed by atoms with Crippen molar-refractivity contribution >= 4 is 34.1 Å². The molecule has 6 rings (SSSR count). The van der Waals surface area contributed by atoms with E-state index < -0.39 is 17.2 Å². The monoisotopic (exact) mass is 505 g/mol. The SMILES string of the molecule is O=C(O)c1cn(C2CC2)c2cc(N3CCN(Cc4ccc(-c5csnn5)cc4)CC3)c(F)cc2c1=O. The number of anilines is 1. The first-order chi connectivity index (χ1) is 17.5. The number of carboxylic acid groups (broad SMARTS) is 1. The van der Waals surface area contributed by atoms with Crippen molar-refractivity contribution in [3.05, 3.63) is 75.1 Å². The molecule has 1 N–H and O–H groups in total. The van der Waals surface area contributed by atoms with Gasteiger partial charge in [-0.3, -0.25) is 9.69 Å². The van der Waals surface area contributed by atoms with Crippen LogP contribution in [-0.4, -0.2) is 56.3 Å². The van der Waals surface area contributed by atoms with E-state index in [1.165, 1.54) is 29.4 Å². The van der Waals surface area contributed by atoms with Crippen LogP contribution in [0.25, 0.3) is 22.2 Å². The second-order valence-corrected chi connectivity index (χ2v) is 10.00. The molecule has 1 saturated heterocycles. The first-order valence-electron chi connectivity index (χ1n) is 11.9. The summed E-state index contributed by atoms with van der Waals surface area (Å²) >= 11 is 1.33. The predicted molar refractivity (Wildman–Crippen MR) is 136 cm³/mol. The van der Waals surface area contributed by atoms with Gasteiger partial charge in [-0.2, -0.15) is 0 Å². The molecule has 1 saturated carbocycles. The Balaban J connectivity index is 1.20. The average molecular weight is 506 g/mol. The van der Waals surface area contributed by atoms with Gasteiger partial charge in [0.25, 0.3) is 0 Å². The predicted octanol–water partition coefficient (Wildman–Crippen LogP) is 4.01. The van der Waals surface area contributed by atoms with E-state index in [-0.39, 0.29) is 17.0 Å². The summed E-state index contributed by atoms with van der Waals surface area (Å²) in [7, 11) is 0. The zero-order chi connectivity index (χ0) is 24.8. The molecule has 2 aliphatic rings. The van der Waals surface area contributed by atoms with Gasteiger partial charge in [0.1, 0.15) is 17.1 Å². The highest BCUT2D eigenvalue weighted by atomic mass is 32.1. The Bertz CT molecular complexity index is 1490. The molecule has 0 amide bonds. The molecule has 0 bridgehead atoms. The fraction of sp³-hybridized carbons (Fsp3) is 0.308. The number of carboxylic acids is 1. The van der Waals surface area contributed by atoms with Crippen LogP contribution >= 0.6 is 11.5 Å². The zero-order valence-electron chi connectivity index (χ0n) is 19.4. The molecule has 4 aromatic rings. The molecule has 3 heterocycles. The van der Waals surface area contributed by atoms with Crippen LogP contribution in [0.15, 0.2) is 52.8 Å². The summed E-state index contributed by atoms with van der Waals surface area (Å²) < 4.78 is 21.0. The maximum Gasteiger partial charge on any atom is 0.341 e. The van der Waals surface area contributed by atoms with E-state index >= 15 is 4.39 Å². The summed E-state index contributed by atoms with van der Waals surface area (Å²) in [4.78, 5) is 28.6. The maximum atomic E-state index is 15.2. The first kappa shape index (κ1) is 22.8. The van der Waals surface area contributed by atoms with Crippen molar-refractivity contribution in [3.63, 3.8) is 0 Å². The molecule has 2 fully saturated rings. The molecule has 1 aliphatic carbocycles. The van der Waals surface area contributed by atoms with Gasteiger partial charge < -0.3 is 14.6 Å². The van der Waals surface area contributed by atoms with E-state index in [0.29, 0.717) is 24.3 Å². The number of hydrogen-bond donors (Lipinski definition) is 1. The Morgan fingerprint density at radius 2 is 1.86 bits per heavy atom. The van der Waals surface area contributed by atoms with Gasteiger partial charge in [0, 0.05) is 61.3 Å². The van der Waals surface area contributed by atoms with E-state index in [4.69, 9.17) is 0 Å². The van der Waals surface area contributed by atoms with Crippen LogP contribution in [-0.2, 0) is 6.54 Å². The quantitative estimate of drug-likeness (QED) is 0.423. The Labute approximate surface area is 210 Å². The standard InChI is InChI=1S/C26H24FN5O3S/c27-21-11-19-23(32(18-5-6-18)14-20(25(19)33)26(34)35)12-24(21)31-9-7-30(8-10-31)13-16-1-3-17(4-2-16)22-15-36-29-28-22/h1-4,11-12,14-15,18H,5-10,13H2,(H,34,35). The Hall–Kier alpha value is -3.63. The highest BCUT2D eigenvalue weighted by Crippen LogP contribution is 2.38. The summed E-state index contributed by atoms with van der Waals surface area (Å²) in [5.41, 5.74) is 3.23. The molecule has 0 spiro atoms. The van der Waals surface area contributed by atoms with E-state index in [9.17, 15) is 14.7 Å². The van der Waals surface area contributed by atoms with E-state index in [2.05, 4.69) is 38.8 Å². The van der Waals surface area contributed by atoms with Gasteiger partial charge >= 0.3 is 5.97 Å². The molecule has 8 nitrogen and oxygen atoms in total. The number of nitrogens with zero attached hydrogens (tertiary/aromatic N) is 5. The van der Waals surface area contributed by atoms with Crippen LogP contribution in [0.1, 0.15) is 34.8 Å². The molecule has 1 aliphatic heterocycles. The molecular formula is C26H24FN5O3S. The number of carbonyl (C=O) groups is 1. The Morgan fingerprint density at radius 1 is 1.11 bits per heavy atom. The number of aromatic carboxylic acids is 1. The second-order valence-electron chi connectivity index (χ2n) is 9.39. The molecule has 184 valence electrons. The van der Waals surface area contributed by atoms with Crippen LogP contribution in [0.3, 0.4) is 0 Å². The summed E-state index contributed by atoms with van der Waals surface area (Å²) in [5, 5.41) is 15.6. The van der Waals surface area contributed by atoms with Crippen molar-refractivity contribution in [3.8, 4) is 11.3 Å². The highest BCUT2D eigenvalue weighted by molar-refractivity contribution is 7.03. The lowest BCUT2D eigenvalue weighted by molar-refractivity contribution is 0.0695. The largest absolute Gasteiger partial charge is 0.477 e. The summed E-state index contributed by atoms with van der Waals surface area (Å²) in [6, 6.07) is 11.4. The van der Waals surface area contributed by atoms with Crippen LogP contribution in [0, 0.1) is 5.82 Å². The van der Waals surface area contributed by atoms with E-state index in [0.717, 1.165) is 43.7 Å². The van der Waals surface area contributed by atoms with Gasteiger partial charge in [0.15, 0.2) is 0 Å². The van der Waals surface area contributed by atoms with Crippen LogP contribution < -0.4 is 10.3 Å². The van der Waals surface area contributed by atoms with E-state index in [1.54, 1.807) is 6.07 Å². The molecule has 2 aromatic heterocycles. The summed E-state index contributed by atoms with van der Waals surface area (Å²) in [6.07, 6.45) is 3.26. The smallest absolute Gasteiger partial charge is 0.341 e. The van der Waals surface area contributed by atoms with Crippen molar-refractivity contribution in [1.82, 2.24) is 19.1 Å². The van der Waals surface area contributed by atoms with Gasteiger partial charge in [-0.25, -0.2) is 9.18 Å². The maximum absolute atomic E-state index is 15.2. The lowest BCUT2D eigenvalue weighted by Gasteiger charge is -2.36. The third kappa shape index (κ3) is 4.27. The van der Waals surface area contributed by atoms with Gasteiger partial charge in [0.05, 0.1) is 11.2 Å². The lowest BCUT2D eigenvalue weighted by atomic mass is 10.1. The molecule has 0 unspecified atom stereocenters. The molecule has 2 aromatic carbocycles. The van der Waals surface area contributed by atoms with Crippen molar-refractivity contribution in [2.75, 3.05) is 31.1 Å². The normalized spacial score (nSPS) is 16.5. The number of halogens is 1. The highest BCUT2D eigenvalue weighted by Gasteiger charge is 2.28. The van der Waals surface area contributed by atoms with Gasteiger partial charge in [-0.15, -0.1) is 5.10 Å². The molecule has 10 heteroatoms. The number of benzene rings is 2. The fourth-order valence-electron chi connectivity index (χ4n) is 4.88. The topological polar surface area (TPSA) is 91.6 Å². The summed E-state index contributed by atoms with van der Waals surface area (Å²) in [5.74, 6) is -1.78. The molecule has 36 heavy (non-hydrogen) atoms. The zero-order valence-corrected chi connectivity index (χ0v) is 20.2. The van der Waals surface area contributed by atoms with Crippen LogP contribution in [0.5, 0.6) is 0 Å². The Morgan fingerprint density at radius 3 is 2.50 bits per heavy atom. The molecule has 0 radical (unpaired) electrons. The number of hydrogen-bond acceptors (Lipinski definition) is 7. The van der Waals surface area contributed by atoms with Crippen LogP contribution in [0.4, 0.5) is 10.1 Å². The van der Waals surface area contributed by atoms with Crippen molar-refractivity contribution < 1.29 is 14.3 Å². The second kappa shape index (κ2) is 9.11. The van der Waals surface area contributed by atoms with Crippen LogP contribution in [0.2, 0.25) is 0 Å². The van der Waals surface area contributed by atoms with Crippen molar-refractivity contribution in [1.29, 1.82) is 0 Å². The lowest BCUT2D eigenvalue weighted by Crippen LogP contribution is -2.46. The molecule has 0 atom stereocenters.